The molecule has 0 aliphatic heterocycles. The Balaban J connectivity index is 1.19. The van der Waals surface area contributed by atoms with E-state index in [0.29, 0.717) is 5.82 Å². The maximum Gasteiger partial charge on any atom is 0.161 e. The van der Waals surface area contributed by atoms with Gasteiger partial charge in [0.1, 0.15) is 5.58 Å². The van der Waals surface area contributed by atoms with Crippen LogP contribution < -0.4 is 0 Å². The molecule has 0 saturated heterocycles. The Morgan fingerprint density at radius 1 is 0.418 bits per heavy atom. The molecule has 0 saturated carbocycles. The number of fused-ring (bicyclic) bond motifs is 11. The Morgan fingerprint density at radius 3 is 1.78 bits per heavy atom. The summed E-state index contributed by atoms with van der Waals surface area (Å²) >= 11 is 0. The second-order valence-corrected chi connectivity index (χ2v) is 14.1. The van der Waals surface area contributed by atoms with E-state index in [2.05, 4.69) is 167 Å². The van der Waals surface area contributed by atoms with Gasteiger partial charge in [-0.2, -0.15) is 0 Å². The maximum absolute atomic E-state index is 6.97. The van der Waals surface area contributed by atoms with Crippen molar-refractivity contribution in [1.29, 1.82) is 0 Å². The Bertz CT molecular complexity index is 3480. The summed E-state index contributed by atoms with van der Waals surface area (Å²) < 4.78 is 11.8. The highest BCUT2D eigenvalue weighted by Crippen LogP contribution is 2.45. The van der Waals surface area contributed by atoms with Crippen molar-refractivity contribution >= 4 is 76.5 Å². The maximum atomic E-state index is 6.97. The monoisotopic (exact) mass is 702 g/mol. The molecule has 12 aromatic rings. The van der Waals surface area contributed by atoms with E-state index >= 15 is 0 Å². The molecule has 12 rings (SSSR count). The first-order valence-corrected chi connectivity index (χ1v) is 18.6. The topological polar surface area (TPSA) is 48.8 Å². The summed E-state index contributed by atoms with van der Waals surface area (Å²) in [7, 11) is 0. The molecule has 0 radical (unpaired) electrons. The van der Waals surface area contributed by atoms with Gasteiger partial charge >= 0.3 is 0 Å². The quantitative estimate of drug-likeness (QED) is 0.183. The molecule has 4 heterocycles. The average Bonchev–Trinajstić information content (AvgIpc) is 3.92. The largest absolute Gasteiger partial charge is 0.454 e. The molecule has 0 aliphatic rings. The Hall–Kier alpha value is -7.50. The average molecular weight is 703 g/mol. The number of nitrogens with zero attached hydrogens (tertiary/aromatic N) is 4. The van der Waals surface area contributed by atoms with E-state index in [4.69, 9.17) is 14.4 Å². The number of aromatic nitrogens is 4. The third-order valence-corrected chi connectivity index (χ3v) is 11.1. The van der Waals surface area contributed by atoms with Gasteiger partial charge in [-0.05, 0) is 42.5 Å². The molecule has 4 aromatic heterocycles. The number of furan rings is 1. The fraction of sp³-hybridized carbons (Fsp3) is 0. The molecule has 0 amide bonds. The van der Waals surface area contributed by atoms with Crippen LogP contribution in [0.4, 0.5) is 0 Å². The molecule has 8 aromatic carbocycles. The van der Waals surface area contributed by atoms with Crippen molar-refractivity contribution in [1.82, 2.24) is 19.1 Å². The summed E-state index contributed by atoms with van der Waals surface area (Å²) in [5, 5.41) is 7.84. The van der Waals surface area contributed by atoms with Crippen LogP contribution in [0.2, 0.25) is 0 Å². The first-order valence-electron chi connectivity index (χ1n) is 18.6. The van der Waals surface area contributed by atoms with Crippen LogP contribution in [0, 0.1) is 0 Å². The van der Waals surface area contributed by atoms with Crippen LogP contribution in [0.5, 0.6) is 0 Å². The second-order valence-electron chi connectivity index (χ2n) is 14.1. The lowest BCUT2D eigenvalue weighted by molar-refractivity contribution is 0.666. The van der Waals surface area contributed by atoms with Gasteiger partial charge in [-0.15, -0.1) is 0 Å². The third-order valence-electron chi connectivity index (χ3n) is 11.1. The summed E-state index contributed by atoms with van der Waals surface area (Å²) in [6.45, 7) is 0. The smallest absolute Gasteiger partial charge is 0.161 e. The van der Waals surface area contributed by atoms with Crippen molar-refractivity contribution in [3.8, 4) is 34.0 Å². The molecule has 5 nitrogen and oxygen atoms in total. The van der Waals surface area contributed by atoms with E-state index in [1.807, 2.05) is 24.3 Å². The van der Waals surface area contributed by atoms with Crippen LogP contribution in [0.1, 0.15) is 0 Å². The van der Waals surface area contributed by atoms with E-state index in [9.17, 15) is 0 Å². The number of hydrogen-bond donors (Lipinski definition) is 0. The van der Waals surface area contributed by atoms with Gasteiger partial charge in [0.15, 0.2) is 11.4 Å². The predicted octanol–water partition coefficient (Wildman–Crippen LogP) is 13.1. The van der Waals surface area contributed by atoms with Crippen LogP contribution in [0.25, 0.3) is 110 Å². The molecule has 0 N–H and O–H groups in total. The standard InChI is InChI=1S/C50H30N4O/c1-3-15-31(16-4-1)46-37-21-7-10-24-40(37)51-50(52-46)39-23-14-28-44-45(39)38-22-13-27-43(49(38)55-44)54-42-26-12-9-20-34(42)36-30-29-35-33-19-8-11-25-41(33)53(47(35)48(36)54)32-17-5-2-6-18-32/h1-30H. The molecule has 0 spiro atoms. The zero-order valence-electron chi connectivity index (χ0n) is 29.5. The minimum Gasteiger partial charge on any atom is -0.454 e. The highest BCUT2D eigenvalue weighted by molar-refractivity contribution is 6.24. The summed E-state index contributed by atoms with van der Waals surface area (Å²) in [4.78, 5) is 10.4. The number of para-hydroxylation sites is 5. The van der Waals surface area contributed by atoms with E-state index in [1.54, 1.807) is 0 Å². The van der Waals surface area contributed by atoms with Gasteiger partial charge in [0.2, 0.25) is 0 Å². The molecule has 55 heavy (non-hydrogen) atoms. The molecule has 0 aliphatic carbocycles. The summed E-state index contributed by atoms with van der Waals surface area (Å²) in [6.07, 6.45) is 0. The normalized spacial score (nSPS) is 12.0. The van der Waals surface area contributed by atoms with Crippen molar-refractivity contribution in [2.75, 3.05) is 0 Å². The van der Waals surface area contributed by atoms with Crippen LogP contribution in [0.3, 0.4) is 0 Å². The van der Waals surface area contributed by atoms with Gasteiger partial charge in [0.25, 0.3) is 0 Å². The first-order chi connectivity index (χ1) is 27.3. The molecule has 0 unspecified atom stereocenters. The number of rotatable bonds is 4. The molecular weight excluding hydrogens is 673 g/mol. The van der Waals surface area contributed by atoms with Crippen LogP contribution in [-0.2, 0) is 0 Å². The lowest BCUT2D eigenvalue weighted by atomic mass is 10.0. The highest BCUT2D eigenvalue weighted by Gasteiger charge is 2.24. The summed E-state index contributed by atoms with van der Waals surface area (Å²) in [5.41, 5.74) is 12.1. The van der Waals surface area contributed by atoms with Gasteiger partial charge < -0.3 is 13.6 Å². The van der Waals surface area contributed by atoms with E-state index < -0.39 is 0 Å². The minimum absolute atomic E-state index is 0.669. The first kappa shape index (κ1) is 30.0. The van der Waals surface area contributed by atoms with Crippen molar-refractivity contribution in [3.63, 3.8) is 0 Å². The van der Waals surface area contributed by atoms with Gasteiger partial charge in [-0.3, -0.25) is 0 Å². The van der Waals surface area contributed by atoms with Crippen molar-refractivity contribution < 1.29 is 4.42 Å². The molecule has 0 fully saturated rings. The molecule has 256 valence electrons. The number of hydrogen-bond acceptors (Lipinski definition) is 3. The molecular formula is C50H30N4O. The Labute approximate surface area is 315 Å². The van der Waals surface area contributed by atoms with Crippen LogP contribution >= 0.6 is 0 Å². The van der Waals surface area contributed by atoms with E-state index in [-0.39, 0.29) is 0 Å². The van der Waals surface area contributed by atoms with Gasteiger partial charge in [0, 0.05) is 54.5 Å². The van der Waals surface area contributed by atoms with Gasteiger partial charge in [-0.25, -0.2) is 9.97 Å². The zero-order valence-corrected chi connectivity index (χ0v) is 29.5. The highest BCUT2D eigenvalue weighted by atomic mass is 16.3. The van der Waals surface area contributed by atoms with Gasteiger partial charge in [0.05, 0.1) is 39.0 Å². The lowest BCUT2D eigenvalue weighted by Gasteiger charge is -2.13. The predicted molar refractivity (Wildman–Crippen MR) is 226 cm³/mol. The third kappa shape index (κ3) is 4.29. The molecule has 5 heteroatoms. The van der Waals surface area contributed by atoms with E-state index in [1.165, 1.54) is 27.1 Å². The van der Waals surface area contributed by atoms with Gasteiger partial charge in [-0.1, -0.05) is 140 Å². The van der Waals surface area contributed by atoms with E-state index in [0.717, 1.165) is 77.6 Å². The lowest BCUT2D eigenvalue weighted by Crippen LogP contribution is -1.99. The Morgan fingerprint density at radius 2 is 1.02 bits per heavy atom. The van der Waals surface area contributed by atoms with Crippen molar-refractivity contribution in [3.05, 3.63) is 182 Å². The van der Waals surface area contributed by atoms with Crippen molar-refractivity contribution in [2.24, 2.45) is 0 Å². The zero-order chi connectivity index (χ0) is 36.0. The SMILES string of the molecule is c1ccc(-c2nc(-c3cccc4oc5c(-n6c7ccccc7c7ccc8c9ccccc9n(-c9ccccc9)c8c76)cccc5c34)nc3ccccc23)cc1. The van der Waals surface area contributed by atoms with Crippen molar-refractivity contribution in [2.45, 2.75) is 0 Å². The van der Waals surface area contributed by atoms with Crippen LogP contribution in [0.15, 0.2) is 186 Å². The van der Waals surface area contributed by atoms with Crippen LogP contribution in [-0.4, -0.2) is 19.1 Å². The minimum atomic E-state index is 0.669. The summed E-state index contributed by atoms with van der Waals surface area (Å²) in [5.74, 6) is 0.669. The fourth-order valence-electron chi connectivity index (χ4n) is 8.80. The summed E-state index contributed by atoms with van der Waals surface area (Å²) in [6, 6.07) is 64.0. The fourth-order valence-corrected chi connectivity index (χ4v) is 8.80. The molecule has 0 atom stereocenters. The molecule has 0 bridgehead atoms. The number of benzene rings is 8. The second kappa shape index (κ2) is 11.5. The Kier molecular flexibility index (Phi) is 6.27.